The van der Waals surface area contributed by atoms with Crippen LogP contribution in [0.1, 0.15) is 6.23 Å². The van der Waals surface area contributed by atoms with Crippen molar-refractivity contribution in [1.29, 1.82) is 0 Å². The first-order valence-corrected chi connectivity index (χ1v) is 6.52. The van der Waals surface area contributed by atoms with Gasteiger partial charge in [0, 0.05) is 19.4 Å². The Morgan fingerprint density at radius 3 is 2.82 bits per heavy atom. The maximum atomic E-state index is 11.9. The lowest BCUT2D eigenvalue weighted by atomic mass is 10.1. The highest BCUT2D eigenvalue weighted by atomic mass is 16.6. The molecule has 3 N–H and O–H groups in total. The Balaban J connectivity index is 2.33. The maximum absolute atomic E-state index is 11.9. The first kappa shape index (κ1) is 16.4. The molecule has 10 nitrogen and oxygen atoms in total. The molecule has 0 aliphatic carbocycles. The molecule has 0 unspecified atom stereocenters. The molecule has 2 rings (SSSR count). The van der Waals surface area contributed by atoms with Gasteiger partial charge in [-0.2, -0.15) is 0 Å². The number of H-pyrrole nitrogens is 1. The number of rotatable bonds is 6. The van der Waals surface area contributed by atoms with Crippen molar-refractivity contribution in [2.24, 2.45) is 5.16 Å². The minimum absolute atomic E-state index is 0.0571. The molecule has 1 aromatic rings. The summed E-state index contributed by atoms with van der Waals surface area (Å²) in [5, 5.41) is 21.5. The van der Waals surface area contributed by atoms with Crippen molar-refractivity contribution in [2.45, 2.75) is 18.4 Å². The molecule has 122 valence electrons. The number of aliphatic hydroxyl groups is 1. The summed E-state index contributed by atoms with van der Waals surface area (Å²) >= 11 is 0. The normalized spacial score (nSPS) is 26.6. The molecule has 1 aromatic heterocycles. The van der Waals surface area contributed by atoms with Gasteiger partial charge in [0.05, 0.1) is 19.8 Å². The zero-order valence-electron chi connectivity index (χ0n) is 11.8. The minimum atomic E-state index is -0.982. The van der Waals surface area contributed by atoms with Crippen LogP contribution in [0.25, 0.3) is 0 Å². The number of oxime groups is 1. The van der Waals surface area contributed by atoms with Crippen LogP contribution in [0.5, 0.6) is 0 Å². The largest absolute Gasteiger partial charge is 0.411 e. The number of aromatic nitrogens is 2. The number of ether oxygens (including phenoxy) is 3. The summed E-state index contributed by atoms with van der Waals surface area (Å²) in [6.07, 6.45) is -1.56. The van der Waals surface area contributed by atoms with Gasteiger partial charge in [-0.3, -0.25) is 14.3 Å². The first-order chi connectivity index (χ1) is 10.6. The third-order valence-electron chi connectivity index (χ3n) is 3.18. The molecule has 0 aromatic carbocycles. The number of hydrogen-bond acceptors (Lipinski definition) is 8. The van der Waals surface area contributed by atoms with Crippen molar-refractivity contribution >= 4 is 5.71 Å². The second-order valence-corrected chi connectivity index (χ2v) is 4.52. The lowest BCUT2D eigenvalue weighted by Crippen LogP contribution is -2.38. The molecule has 0 radical (unpaired) electrons. The third-order valence-corrected chi connectivity index (χ3v) is 3.18. The van der Waals surface area contributed by atoms with Gasteiger partial charge in [0.15, 0.2) is 6.23 Å². The molecule has 1 aliphatic rings. The molecule has 10 heteroatoms. The van der Waals surface area contributed by atoms with Crippen molar-refractivity contribution in [3.63, 3.8) is 0 Å². The Kier molecular flexibility index (Phi) is 5.44. The molecule has 1 saturated heterocycles. The van der Waals surface area contributed by atoms with Crippen LogP contribution in [-0.4, -0.2) is 64.7 Å². The van der Waals surface area contributed by atoms with Gasteiger partial charge in [0.1, 0.15) is 17.9 Å². The fraction of sp³-hybridized carbons (Fsp3) is 0.583. The van der Waals surface area contributed by atoms with Crippen LogP contribution >= 0.6 is 0 Å². The molecule has 2 heterocycles. The van der Waals surface area contributed by atoms with Gasteiger partial charge in [-0.15, -0.1) is 0 Å². The third kappa shape index (κ3) is 3.25. The highest BCUT2D eigenvalue weighted by Gasteiger charge is 2.44. The number of methoxy groups -OCH3 is 1. The van der Waals surface area contributed by atoms with Gasteiger partial charge in [-0.25, -0.2) is 4.79 Å². The van der Waals surface area contributed by atoms with E-state index in [4.69, 9.17) is 19.4 Å². The summed E-state index contributed by atoms with van der Waals surface area (Å²) in [6, 6.07) is 1.15. The van der Waals surface area contributed by atoms with E-state index in [1.807, 2.05) is 0 Å². The number of nitrogens with one attached hydrogen (secondary N) is 1. The van der Waals surface area contributed by atoms with Crippen molar-refractivity contribution < 1.29 is 24.5 Å². The smallest absolute Gasteiger partial charge is 0.330 e. The second kappa shape index (κ2) is 7.31. The molecular formula is C12H17N3O7. The second-order valence-electron chi connectivity index (χ2n) is 4.52. The van der Waals surface area contributed by atoms with Crippen molar-refractivity contribution in [3.05, 3.63) is 33.1 Å². The molecule has 0 spiro atoms. The summed E-state index contributed by atoms with van der Waals surface area (Å²) in [6.45, 7) is 0.000671. The zero-order chi connectivity index (χ0) is 16.1. The highest BCUT2D eigenvalue weighted by molar-refractivity contribution is 5.94. The fourth-order valence-electron chi connectivity index (χ4n) is 2.16. The number of aliphatic hydroxyl groups excluding tert-OH is 1. The Hall–Kier alpha value is -2.01. The summed E-state index contributed by atoms with van der Waals surface area (Å²) < 4.78 is 17.0. The topological polar surface area (TPSA) is 135 Å². The van der Waals surface area contributed by atoms with Crippen LogP contribution in [0.15, 0.2) is 27.0 Å². The molecule has 0 bridgehead atoms. The molecule has 1 fully saturated rings. The van der Waals surface area contributed by atoms with Crippen molar-refractivity contribution in [3.8, 4) is 0 Å². The molecule has 3 atom stereocenters. The Labute approximate surface area is 124 Å². The van der Waals surface area contributed by atoms with Crippen molar-refractivity contribution in [2.75, 3.05) is 26.9 Å². The van der Waals surface area contributed by atoms with E-state index < -0.39 is 36.3 Å². The van der Waals surface area contributed by atoms with E-state index in [2.05, 4.69) is 10.1 Å². The lowest BCUT2D eigenvalue weighted by molar-refractivity contribution is -0.0779. The monoisotopic (exact) mass is 315 g/mol. The van der Waals surface area contributed by atoms with Gasteiger partial charge in [-0.05, 0) is 0 Å². The maximum Gasteiger partial charge on any atom is 0.330 e. The SMILES string of the molecule is COCCO[C@@H]1/C(=N/O)[C@@H](CO)O[C@H]1n1ccc(=O)[nH]c1=O. The average molecular weight is 315 g/mol. The van der Waals surface area contributed by atoms with Gasteiger partial charge in [-0.1, -0.05) is 5.16 Å². The van der Waals surface area contributed by atoms with E-state index in [-0.39, 0.29) is 18.9 Å². The lowest BCUT2D eigenvalue weighted by Gasteiger charge is -2.20. The highest BCUT2D eigenvalue weighted by Crippen LogP contribution is 2.28. The summed E-state index contributed by atoms with van der Waals surface area (Å²) in [4.78, 5) is 25.1. The Morgan fingerprint density at radius 1 is 1.45 bits per heavy atom. The quantitative estimate of drug-likeness (QED) is 0.323. The summed E-state index contributed by atoms with van der Waals surface area (Å²) in [5.74, 6) is 0. The van der Waals surface area contributed by atoms with Crippen LogP contribution in [0.3, 0.4) is 0 Å². The van der Waals surface area contributed by atoms with Crippen molar-refractivity contribution in [1.82, 2.24) is 9.55 Å². The first-order valence-electron chi connectivity index (χ1n) is 6.52. The van der Waals surface area contributed by atoms with E-state index in [1.54, 1.807) is 0 Å². The average Bonchev–Trinajstić information content (AvgIpc) is 2.85. The van der Waals surface area contributed by atoms with Gasteiger partial charge in [0.2, 0.25) is 0 Å². The standard InChI is InChI=1S/C12H17N3O7/c1-20-4-5-21-10-9(14-19)7(6-16)22-11(10)15-3-2-8(17)13-12(15)18/h2-3,7,10-11,16,19H,4-6H2,1H3,(H,13,17,18)/b14-9+/t7-,10-,11-/m1/s1. The number of aromatic amines is 1. The molecule has 1 aliphatic heterocycles. The number of nitrogens with zero attached hydrogens (tertiary/aromatic N) is 2. The minimum Gasteiger partial charge on any atom is -0.411 e. The molecular weight excluding hydrogens is 298 g/mol. The van der Waals surface area contributed by atoms with Crippen LogP contribution in [0.4, 0.5) is 0 Å². The van der Waals surface area contributed by atoms with Crippen LogP contribution in [0, 0.1) is 0 Å². The van der Waals surface area contributed by atoms with E-state index in [0.29, 0.717) is 0 Å². The van der Waals surface area contributed by atoms with E-state index >= 15 is 0 Å². The fourth-order valence-corrected chi connectivity index (χ4v) is 2.16. The van der Waals surface area contributed by atoms with E-state index in [1.165, 1.54) is 13.3 Å². The summed E-state index contributed by atoms with van der Waals surface area (Å²) in [5.41, 5.74) is -1.19. The van der Waals surface area contributed by atoms with Gasteiger partial charge >= 0.3 is 5.69 Å². The Bertz CT molecular complexity index is 638. The van der Waals surface area contributed by atoms with Crippen LogP contribution in [-0.2, 0) is 14.2 Å². The summed E-state index contributed by atoms with van der Waals surface area (Å²) in [7, 11) is 1.50. The zero-order valence-corrected chi connectivity index (χ0v) is 11.8. The molecule has 0 amide bonds. The van der Waals surface area contributed by atoms with E-state index in [0.717, 1.165) is 10.6 Å². The van der Waals surface area contributed by atoms with Crippen LogP contribution in [0.2, 0.25) is 0 Å². The Morgan fingerprint density at radius 2 is 2.23 bits per heavy atom. The predicted molar refractivity (Wildman–Crippen MR) is 73.2 cm³/mol. The van der Waals surface area contributed by atoms with Crippen LogP contribution < -0.4 is 11.2 Å². The van der Waals surface area contributed by atoms with E-state index in [9.17, 15) is 14.7 Å². The van der Waals surface area contributed by atoms with Gasteiger partial charge < -0.3 is 24.5 Å². The molecule has 0 saturated carbocycles. The van der Waals surface area contributed by atoms with Gasteiger partial charge in [0.25, 0.3) is 5.56 Å². The predicted octanol–water partition coefficient (Wildman–Crippen LogP) is -1.71. The molecule has 22 heavy (non-hydrogen) atoms. The number of hydrogen-bond donors (Lipinski definition) is 3.